The topological polar surface area (TPSA) is 0 Å². The SMILES string of the molecule is Cc1cc2cc3cccc4c3c(c3cccc5cc6cc(C)sc6c4c53)c2s1. The number of benzene rings is 5. The summed E-state index contributed by atoms with van der Waals surface area (Å²) in [5, 5.41) is 14.0. The number of aryl methyl sites for hydroxylation is 2. The van der Waals surface area contributed by atoms with E-state index in [0.29, 0.717) is 0 Å². The van der Waals surface area contributed by atoms with E-state index in [9.17, 15) is 0 Å². The summed E-state index contributed by atoms with van der Waals surface area (Å²) in [5.41, 5.74) is 0. The lowest BCUT2D eigenvalue weighted by molar-refractivity contribution is 1.66. The smallest absolute Gasteiger partial charge is 0.0430 e. The molecule has 0 bridgehead atoms. The molecule has 0 aliphatic rings. The number of rotatable bonds is 0. The standard InChI is InChI=1S/C26H16S2/c1-13-9-17-11-15-5-3-8-20-21(15)23(25(17)27-13)19-7-4-6-16-12-18-10-14(2)28-26(18)24(20)22(16)19/h3-12H,1-2H3. The maximum atomic E-state index is 2.38. The molecule has 0 atom stereocenters. The van der Waals surface area contributed by atoms with Crippen molar-refractivity contribution < 1.29 is 0 Å². The van der Waals surface area contributed by atoms with Crippen molar-refractivity contribution >= 4 is 85.9 Å². The maximum Gasteiger partial charge on any atom is 0.0430 e. The highest BCUT2D eigenvalue weighted by molar-refractivity contribution is 7.20. The van der Waals surface area contributed by atoms with Gasteiger partial charge in [0.05, 0.1) is 0 Å². The normalized spacial score (nSPS) is 12.6. The Kier molecular flexibility index (Phi) is 2.74. The summed E-state index contributed by atoms with van der Waals surface area (Å²) in [4.78, 5) is 2.76. The van der Waals surface area contributed by atoms with Crippen LogP contribution in [0.4, 0.5) is 0 Å². The molecule has 5 aromatic carbocycles. The van der Waals surface area contributed by atoms with Crippen LogP contribution in [0.5, 0.6) is 0 Å². The summed E-state index contributed by atoms with van der Waals surface area (Å²) < 4.78 is 2.86. The van der Waals surface area contributed by atoms with Crippen molar-refractivity contribution in [2.24, 2.45) is 0 Å². The first kappa shape index (κ1) is 15.3. The summed E-state index contributed by atoms with van der Waals surface area (Å²) >= 11 is 3.86. The van der Waals surface area contributed by atoms with E-state index >= 15 is 0 Å². The lowest BCUT2D eigenvalue weighted by Gasteiger charge is -2.16. The van der Waals surface area contributed by atoms with Crippen molar-refractivity contribution in [1.29, 1.82) is 0 Å². The number of hydrogen-bond donors (Lipinski definition) is 0. The van der Waals surface area contributed by atoms with Crippen molar-refractivity contribution in [2.75, 3.05) is 0 Å². The van der Waals surface area contributed by atoms with Gasteiger partial charge in [-0.15, -0.1) is 22.7 Å². The van der Waals surface area contributed by atoms with Crippen LogP contribution in [0.1, 0.15) is 9.75 Å². The first-order valence-electron chi connectivity index (χ1n) is 9.61. The molecular weight excluding hydrogens is 376 g/mol. The molecule has 2 heterocycles. The molecule has 7 aromatic rings. The first-order valence-corrected chi connectivity index (χ1v) is 11.2. The lowest BCUT2D eigenvalue weighted by atomic mass is 9.88. The second-order valence-corrected chi connectivity index (χ2v) is 10.4. The monoisotopic (exact) mass is 392 g/mol. The van der Waals surface area contributed by atoms with Gasteiger partial charge in [0, 0.05) is 29.9 Å². The fourth-order valence-corrected chi connectivity index (χ4v) is 7.22. The van der Waals surface area contributed by atoms with Crippen LogP contribution in [0, 0.1) is 13.8 Å². The fourth-order valence-electron chi connectivity index (χ4n) is 5.10. The third kappa shape index (κ3) is 1.76. The van der Waals surface area contributed by atoms with Crippen molar-refractivity contribution in [3.05, 3.63) is 70.4 Å². The van der Waals surface area contributed by atoms with Crippen LogP contribution < -0.4 is 0 Å². The molecule has 0 radical (unpaired) electrons. The van der Waals surface area contributed by atoms with Gasteiger partial charge in [0.2, 0.25) is 0 Å². The van der Waals surface area contributed by atoms with Crippen LogP contribution in [0.15, 0.2) is 60.7 Å². The summed E-state index contributed by atoms with van der Waals surface area (Å²) in [6.07, 6.45) is 0. The number of hydrogen-bond acceptors (Lipinski definition) is 2. The Morgan fingerprint density at radius 1 is 0.500 bits per heavy atom. The molecule has 0 N–H and O–H groups in total. The van der Waals surface area contributed by atoms with E-state index < -0.39 is 0 Å². The van der Waals surface area contributed by atoms with Gasteiger partial charge in [-0.05, 0) is 81.2 Å². The Hall–Kier alpha value is -2.68. The number of thiophene rings is 2. The van der Waals surface area contributed by atoms with E-state index in [2.05, 4.69) is 74.5 Å². The molecule has 0 aliphatic heterocycles. The van der Waals surface area contributed by atoms with Gasteiger partial charge < -0.3 is 0 Å². The second kappa shape index (κ2) is 5.02. The zero-order chi connectivity index (χ0) is 18.6. The van der Waals surface area contributed by atoms with E-state index in [1.54, 1.807) is 0 Å². The Morgan fingerprint density at radius 2 is 0.964 bits per heavy atom. The largest absolute Gasteiger partial charge is 0.140 e. The van der Waals surface area contributed by atoms with Crippen molar-refractivity contribution in [3.8, 4) is 0 Å². The summed E-state index contributed by atoms with van der Waals surface area (Å²) in [7, 11) is 0. The third-order valence-corrected chi connectivity index (χ3v) is 8.24. The Bertz CT molecular complexity index is 1600. The van der Waals surface area contributed by atoms with Crippen LogP contribution in [-0.2, 0) is 0 Å². The van der Waals surface area contributed by atoms with Crippen LogP contribution in [0.25, 0.3) is 63.3 Å². The average molecular weight is 393 g/mol. The van der Waals surface area contributed by atoms with E-state index in [1.165, 1.54) is 73.0 Å². The Balaban J connectivity index is 1.97. The zero-order valence-electron chi connectivity index (χ0n) is 15.6. The second-order valence-electron chi connectivity index (χ2n) is 7.86. The highest BCUT2D eigenvalue weighted by Gasteiger charge is 2.19. The average Bonchev–Trinajstić information content (AvgIpc) is 3.24. The lowest BCUT2D eigenvalue weighted by Crippen LogP contribution is -1.87. The van der Waals surface area contributed by atoms with Crippen LogP contribution in [-0.4, -0.2) is 0 Å². The van der Waals surface area contributed by atoms with E-state index in [1.807, 2.05) is 22.7 Å². The van der Waals surface area contributed by atoms with Crippen molar-refractivity contribution in [3.63, 3.8) is 0 Å². The van der Waals surface area contributed by atoms with Gasteiger partial charge in [-0.25, -0.2) is 0 Å². The Morgan fingerprint density at radius 3 is 1.43 bits per heavy atom. The Labute approximate surface area is 170 Å². The molecule has 28 heavy (non-hydrogen) atoms. The summed E-state index contributed by atoms with van der Waals surface area (Å²) in [6.45, 7) is 4.44. The molecule has 2 aromatic heterocycles. The molecule has 7 rings (SSSR count). The van der Waals surface area contributed by atoms with E-state index in [-0.39, 0.29) is 0 Å². The van der Waals surface area contributed by atoms with E-state index in [4.69, 9.17) is 0 Å². The minimum absolute atomic E-state index is 1.35. The molecule has 132 valence electrons. The first-order chi connectivity index (χ1) is 13.7. The molecule has 0 fully saturated rings. The van der Waals surface area contributed by atoms with Gasteiger partial charge in [0.1, 0.15) is 0 Å². The predicted octanol–water partition coefficient (Wildman–Crippen LogP) is 8.78. The molecule has 0 saturated heterocycles. The van der Waals surface area contributed by atoms with Crippen LogP contribution in [0.3, 0.4) is 0 Å². The molecule has 0 aliphatic carbocycles. The van der Waals surface area contributed by atoms with Gasteiger partial charge >= 0.3 is 0 Å². The van der Waals surface area contributed by atoms with Gasteiger partial charge in [0.25, 0.3) is 0 Å². The molecule has 0 nitrogen and oxygen atoms in total. The third-order valence-electron chi connectivity index (χ3n) is 6.08. The minimum atomic E-state index is 1.35. The molecule has 2 heteroatoms. The number of fused-ring (bicyclic) bond motifs is 6. The molecule has 0 unspecified atom stereocenters. The van der Waals surface area contributed by atoms with Crippen molar-refractivity contribution in [1.82, 2.24) is 0 Å². The van der Waals surface area contributed by atoms with Crippen molar-refractivity contribution in [2.45, 2.75) is 13.8 Å². The van der Waals surface area contributed by atoms with Gasteiger partial charge in [-0.3, -0.25) is 0 Å². The summed E-state index contributed by atoms with van der Waals surface area (Å²) in [6, 6.07) is 23.1. The molecule has 0 amide bonds. The highest BCUT2D eigenvalue weighted by atomic mass is 32.1. The molecular formula is C26H16S2. The zero-order valence-corrected chi connectivity index (χ0v) is 17.2. The molecule has 0 spiro atoms. The van der Waals surface area contributed by atoms with Gasteiger partial charge in [-0.1, -0.05) is 36.4 Å². The van der Waals surface area contributed by atoms with E-state index in [0.717, 1.165) is 0 Å². The fraction of sp³-hybridized carbons (Fsp3) is 0.0769. The highest BCUT2D eigenvalue weighted by Crippen LogP contribution is 2.48. The summed E-state index contributed by atoms with van der Waals surface area (Å²) in [5.74, 6) is 0. The quantitative estimate of drug-likeness (QED) is 0.179. The maximum absolute atomic E-state index is 2.38. The van der Waals surface area contributed by atoms with Gasteiger partial charge in [0.15, 0.2) is 0 Å². The van der Waals surface area contributed by atoms with Crippen LogP contribution in [0.2, 0.25) is 0 Å². The predicted molar refractivity (Wildman–Crippen MR) is 128 cm³/mol. The molecule has 0 saturated carbocycles. The van der Waals surface area contributed by atoms with Crippen LogP contribution >= 0.6 is 22.7 Å². The van der Waals surface area contributed by atoms with Gasteiger partial charge in [-0.2, -0.15) is 0 Å². The minimum Gasteiger partial charge on any atom is -0.140 e.